The highest BCUT2D eigenvalue weighted by molar-refractivity contribution is 5.85. The van der Waals surface area contributed by atoms with E-state index in [9.17, 15) is 0 Å². The van der Waals surface area contributed by atoms with Crippen molar-refractivity contribution < 1.29 is 4.74 Å². The van der Waals surface area contributed by atoms with Crippen molar-refractivity contribution in [3.8, 4) is 11.3 Å². The van der Waals surface area contributed by atoms with Gasteiger partial charge in [-0.05, 0) is 12.1 Å². The predicted octanol–water partition coefficient (Wildman–Crippen LogP) is 2.78. The fourth-order valence-corrected chi connectivity index (χ4v) is 3.49. The summed E-state index contributed by atoms with van der Waals surface area (Å²) in [6.07, 6.45) is 0. The molecule has 1 aliphatic heterocycles. The van der Waals surface area contributed by atoms with Crippen molar-refractivity contribution in [2.75, 3.05) is 26.3 Å². The van der Waals surface area contributed by atoms with Gasteiger partial charge in [0.25, 0.3) is 0 Å². The average Bonchev–Trinajstić information content (AvgIpc) is 3.13. The van der Waals surface area contributed by atoms with Crippen LogP contribution in [0.5, 0.6) is 0 Å². The summed E-state index contributed by atoms with van der Waals surface area (Å²) in [5, 5.41) is 9.02. The Bertz CT molecular complexity index is 1050. The molecule has 26 heavy (non-hydrogen) atoms. The summed E-state index contributed by atoms with van der Waals surface area (Å²) in [5.74, 6) is 0.942. The van der Waals surface area contributed by atoms with Crippen LogP contribution >= 0.6 is 0 Å². The van der Waals surface area contributed by atoms with Crippen molar-refractivity contribution in [2.45, 2.75) is 6.54 Å². The van der Waals surface area contributed by atoms with Gasteiger partial charge in [0.15, 0.2) is 11.5 Å². The van der Waals surface area contributed by atoms with E-state index in [1.165, 1.54) is 0 Å². The molecule has 5 rings (SSSR count). The third-order valence-corrected chi connectivity index (χ3v) is 4.81. The van der Waals surface area contributed by atoms with E-state index in [1.54, 1.807) is 0 Å². The van der Waals surface area contributed by atoms with Crippen LogP contribution in [-0.2, 0) is 11.3 Å². The Morgan fingerprint density at radius 3 is 2.50 bits per heavy atom. The first kappa shape index (κ1) is 15.4. The Morgan fingerprint density at radius 2 is 1.65 bits per heavy atom. The van der Waals surface area contributed by atoms with Crippen LogP contribution in [0.1, 0.15) is 5.82 Å². The summed E-state index contributed by atoms with van der Waals surface area (Å²) < 4.78 is 7.61. The number of rotatable bonds is 3. The van der Waals surface area contributed by atoms with Crippen LogP contribution in [0.3, 0.4) is 0 Å². The number of nitrogens with zero attached hydrogens (tertiary/aromatic N) is 5. The van der Waals surface area contributed by atoms with Gasteiger partial charge >= 0.3 is 0 Å². The molecule has 2 aromatic carbocycles. The normalized spacial score (nSPS) is 15.7. The second-order valence-corrected chi connectivity index (χ2v) is 6.48. The van der Waals surface area contributed by atoms with Gasteiger partial charge in [0, 0.05) is 18.7 Å². The van der Waals surface area contributed by atoms with Gasteiger partial charge in [-0.3, -0.25) is 9.30 Å². The Morgan fingerprint density at radius 1 is 0.885 bits per heavy atom. The third-order valence-electron chi connectivity index (χ3n) is 4.81. The number of para-hydroxylation sites is 2. The highest BCUT2D eigenvalue weighted by Gasteiger charge is 2.19. The van der Waals surface area contributed by atoms with Gasteiger partial charge in [0.05, 0.1) is 30.8 Å². The molecular weight excluding hydrogens is 326 g/mol. The van der Waals surface area contributed by atoms with E-state index < -0.39 is 0 Å². The van der Waals surface area contributed by atoms with Crippen LogP contribution in [0.4, 0.5) is 0 Å². The SMILES string of the molecule is c1ccc(-c2nc3ccccc3n3c(CN4CCOCC4)nnc23)cc1. The molecule has 130 valence electrons. The first-order valence-corrected chi connectivity index (χ1v) is 8.88. The van der Waals surface area contributed by atoms with Gasteiger partial charge in [-0.1, -0.05) is 42.5 Å². The smallest absolute Gasteiger partial charge is 0.187 e. The summed E-state index contributed by atoms with van der Waals surface area (Å²) in [6, 6.07) is 18.3. The van der Waals surface area contributed by atoms with Gasteiger partial charge in [-0.25, -0.2) is 4.98 Å². The van der Waals surface area contributed by atoms with Crippen LogP contribution in [0.25, 0.3) is 27.9 Å². The van der Waals surface area contributed by atoms with Crippen LogP contribution in [-0.4, -0.2) is 50.8 Å². The molecule has 1 fully saturated rings. The molecule has 1 aliphatic rings. The number of morpholine rings is 1. The number of hydrogen-bond donors (Lipinski definition) is 0. The lowest BCUT2D eigenvalue weighted by molar-refractivity contribution is 0.0329. The molecule has 6 heteroatoms. The standard InChI is InChI=1S/C20H19N5O/c1-2-6-15(7-3-1)19-20-23-22-18(14-24-10-12-26-13-11-24)25(20)17-9-5-4-8-16(17)21-19/h1-9H,10-14H2. The zero-order valence-corrected chi connectivity index (χ0v) is 14.4. The van der Waals surface area contributed by atoms with E-state index in [1.807, 2.05) is 36.4 Å². The minimum atomic E-state index is 0.757. The van der Waals surface area contributed by atoms with Crippen LogP contribution < -0.4 is 0 Å². The molecule has 0 radical (unpaired) electrons. The molecule has 1 saturated heterocycles. The van der Waals surface area contributed by atoms with Crippen molar-refractivity contribution in [1.29, 1.82) is 0 Å². The molecule has 0 N–H and O–H groups in total. The van der Waals surface area contributed by atoms with E-state index >= 15 is 0 Å². The number of fused-ring (bicyclic) bond motifs is 3. The van der Waals surface area contributed by atoms with Gasteiger partial charge < -0.3 is 4.74 Å². The number of aromatic nitrogens is 4. The fraction of sp³-hybridized carbons (Fsp3) is 0.250. The molecule has 0 amide bonds. The summed E-state index contributed by atoms with van der Waals surface area (Å²) in [4.78, 5) is 7.24. The Balaban J connectivity index is 1.71. The maximum absolute atomic E-state index is 5.46. The summed E-state index contributed by atoms with van der Waals surface area (Å²) in [6.45, 7) is 4.14. The third kappa shape index (κ3) is 2.64. The Kier molecular flexibility index (Phi) is 3.84. The second-order valence-electron chi connectivity index (χ2n) is 6.48. The molecule has 0 bridgehead atoms. The molecule has 0 spiro atoms. The topological polar surface area (TPSA) is 55.5 Å². The number of hydrogen-bond acceptors (Lipinski definition) is 5. The van der Waals surface area contributed by atoms with Crippen molar-refractivity contribution in [2.24, 2.45) is 0 Å². The van der Waals surface area contributed by atoms with Gasteiger partial charge in [0.1, 0.15) is 5.69 Å². The fourth-order valence-electron chi connectivity index (χ4n) is 3.49. The Hall–Kier alpha value is -2.83. The number of ether oxygens (including phenoxy) is 1. The highest BCUT2D eigenvalue weighted by atomic mass is 16.5. The van der Waals surface area contributed by atoms with Crippen molar-refractivity contribution in [1.82, 2.24) is 24.5 Å². The minimum Gasteiger partial charge on any atom is -0.379 e. The molecule has 0 atom stereocenters. The zero-order valence-electron chi connectivity index (χ0n) is 14.4. The first-order chi connectivity index (χ1) is 12.9. The molecule has 0 saturated carbocycles. The molecule has 0 unspecified atom stereocenters. The van der Waals surface area contributed by atoms with E-state index in [-0.39, 0.29) is 0 Å². The average molecular weight is 345 g/mol. The summed E-state index contributed by atoms with van der Waals surface area (Å²) in [7, 11) is 0. The molecular formula is C20H19N5O. The lowest BCUT2D eigenvalue weighted by Crippen LogP contribution is -2.36. The molecule has 3 heterocycles. The Labute approximate surface area is 151 Å². The molecule has 6 nitrogen and oxygen atoms in total. The highest BCUT2D eigenvalue weighted by Crippen LogP contribution is 2.26. The minimum absolute atomic E-state index is 0.757. The lowest BCUT2D eigenvalue weighted by Gasteiger charge is -2.25. The van der Waals surface area contributed by atoms with Crippen molar-refractivity contribution >= 4 is 16.7 Å². The largest absolute Gasteiger partial charge is 0.379 e. The van der Waals surface area contributed by atoms with Crippen LogP contribution in [0.15, 0.2) is 54.6 Å². The lowest BCUT2D eigenvalue weighted by atomic mass is 10.1. The maximum Gasteiger partial charge on any atom is 0.187 e. The molecule has 2 aromatic heterocycles. The van der Waals surface area contributed by atoms with Gasteiger partial charge in [-0.2, -0.15) is 0 Å². The molecule has 4 aromatic rings. The first-order valence-electron chi connectivity index (χ1n) is 8.88. The molecule has 0 aliphatic carbocycles. The predicted molar refractivity (Wildman–Crippen MR) is 99.8 cm³/mol. The maximum atomic E-state index is 5.46. The van der Waals surface area contributed by atoms with Gasteiger partial charge in [0.2, 0.25) is 0 Å². The van der Waals surface area contributed by atoms with Crippen molar-refractivity contribution in [3.05, 3.63) is 60.4 Å². The van der Waals surface area contributed by atoms with Gasteiger partial charge in [-0.15, -0.1) is 10.2 Å². The monoisotopic (exact) mass is 345 g/mol. The van der Waals surface area contributed by atoms with E-state index in [0.29, 0.717) is 0 Å². The van der Waals surface area contributed by atoms with E-state index in [0.717, 1.165) is 66.6 Å². The van der Waals surface area contributed by atoms with E-state index in [2.05, 4.69) is 37.7 Å². The summed E-state index contributed by atoms with van der Waals surface area (Å²) >= 11 is 0. The zero-order chi connectivity index (χ0) is 17.3. The van der Waals surface area contributed by atoms with Crippen LogP contribution in [0.2, 0.25) is 0 Å². The summed E-state index contributed by atoms with van der Waals surface area (Å²) in [5.41, 5.74) is 4.70. The van der Waals surface area contributed by atoms with Crippen LogP contribution in [0, 0.1) is 0 Å². The second kappa shape index (κ2) is 6.48. The van der Waals surface area contributed by atoms with Crippen molar-refractivity contribution in [3.63, 3.8) is 0 Å². The number of benzene rings is 2. The quantitative estimate of drug-likeness (QED) is 0.571. The van der Waals surface area contributed by atoms with E-state index in [4.69, 9.17) is 9.72 Å².